The number of alkyl halides is 3. The molecule has 4 nitrogen and oxygen atoms in total. The molecule has 0 aliphatic carbocycles. The van der Waals surface area contributed by atoms with E-state index < -0.39 is 17.6 Å². The van der Waals surface area contributed by atoms with E-state index in [1.165, 1.54) is 11.0 Å². The van der Waals surface area contributed by atoms with Gasteiger partial charge in [-0.05, 0) is 18.2 Å². The molecular weight excluding hydrogens is 264 g/mol. The maximum Gasteiger partial charge on any atom is 0.416 e. The molecule has 0 saturated carbocycles. The molecule has 1 aromatic heterocycles. The molecule has 0 amide bonds. The van der Waals surface area contributed by atoms with Crippen molar-refractivity contribution in [3.8, 4) is 0 Å². The van der Waals surface area contributed by atoms with Gasteiger partial charge in [0.1, 0.15) is 18.0 Å². The fourth-order valence-corrected chi connectivity index (χ4v) is 1.49. The van der Waals surface area contributed by atoms with Crippen LogP contribution in [0.25, 0.3) is 0 Å². The Hall–Kier alpha value is -2.12. The molecule has 2 rings (SSSR count). The predicted molar refractivity (Wildman–Crippen MR) is 59.7 cm³/mol. The predicted octanol–water partition coefficient (Wildman–Crippen LogP) is 2.59. The van der Waals surface area contributed by atoms with Gasteiger partial charge in [-0.3, -0.25) is 4.68 Å². The van der Waals surface area contributed by atoms with Crippen molar-refractivity contribution in [1.29, 1.82) is 0 Å². The van der Waals surface area contributed by atoms with Gasteiger partial charge in [0.25, 0.3) is 0 Å². The van der Waals surface area contributed by atoms with Crippen LogP contribution < -0.4 is 5.32 Å². The Labute approximate surface area is 106 Å². The number of hydrogen-bond acceptors (Lipinski definition) is 3. The van der Waals surface area contributed by atoms with E-state index in [0.29, 0.717) is 11.9 Å². The van der Waals surface area contributed by atoms with Crippen LogP contribution in [0.5, 0.6) is 0 Å². The molecule has 0 saturated heterocycles. The fraction of sp³-hybridized carbons (Fsp3) is 0.273. The average Bonchev–Trinajstić information content (AvgIpc) is 2.72. The highest BCUT2D eigenvalue weighted by Crippen LogP contribution is 2.31. The van der Waals surface area contributed by atoms with Gasteiger partial charge in [0, 0.05) is 7.05 Å². The maximum atomic E-state index is 13.4. The highest BCUT2D eigenvalue weighted by Gasteiger charge is 2.31. The highest BCUT2D eigenvalue weighted by atomic mass is 19.4. The summed E-state index contributed by atoms with van der Waals surface area (Å²) in [5.41, 5.74) is -1.13. The molecule has 0 bridgehead atoms. The number of anilines is 1. The Balaban J connectivity index is 2.18. The third-order valence-electron chi connectivity index (χ3n) is 2.54. The Bertz CT molecular complexity index is 576. The van der Waals surface area contributed by atoms with Crippen LogP contribution in [0.1, 0.15) is 11.4 Å². The van der Waals surface area contributed by atoms with Gasteiger partial charge in [-0.2, -0.15) is 18.3 Å². The molecule has 0 aliphatic rings. The van der Waals surface area contributed by atoms with Crippen LogP contribution in [0.3, 0.4) is 0 Å². The fourth-order valence-electron chi connectivity index (χ4n) is 1.49. The van der Waals surface area contributed by atoms with Crippen molar-refractivity contribution < 1.29 is 17.6 Å². The van der Waals surface area contributed by atoms with Gasteiger partial charge in [-0.15, -0.1) is 0 Å². The molecule has 1 aromatic carbocycles. The molecule has 0 fully saturated rings. The molecule has 19 heavy (non-hydrogen) atoms. The van der Waals surface area contributed by atoms with Crippen LogP contribution in [-0.2, 0) is 19.8 Å². The first-order chi connectivity index (χ1) is 8.88. The second-order valence-electron chi connectivity index (χ2n) is 3.85. The van der Waals surface area contributed by atoms with E-state index in [4.69, 9.17) is 0 Å². The highest BCUT2D eigenvalue weighted by molar-refractivity contribution is 5.48. The van der Waals surface area contributed by atoms with Gasteiger partial charge < -0.3 is 5.32 Å². The van der Waals surface area contributed by atoms with Crippen LogP contribution in [0.2, 0.25) is 0 Å². The first kappa shape index (κ1) is 13.3. The zero-order valence-electron chi connectivity index (χ0n) is 9.87. The lowest BCUT2D eigenvalue weighted by atomic mass is 10.2. The number of halogens is 4. The molecule has 0 unspecified atom stereocenters. The van der Waals surface area contributed by atoms with Crippen molar-refractivity contribution in [1.82, 2.24) is 14.8 Å². The van der Waals surface area contributed by atoms with Crippen molar-refractivity contribution in [2.45, 2.75) is 12.7 Å². The smallest absolute Gasteiger partial charge is 0.375 e. The van der Waals surface area contributed by atoms with E-state index in [1.54, 1.807) is 7.05 Å². The lowest BCUT2D eigenvalue weighted by Gasteiger charge is -2.11. The summed E-state index contributed by atoms with van der Waals surface area (Å²) in [7, 11) is 1.63. The molecule has 8 heteroatoms. The summed E-state index contributed by atoms with van der Waals surface area (Å²) < 4.78 is 52.4. The third-order valence-corrected chi connectivity index (χ3v) is 2.54. The molecule has 102 valence electrons. The molecule has 0 aliphatic heterocycles. The second kappa shape index (κ2) is 4.87. The monoisotopic (exact) mass is 274 g/mol. The van der Waals surface area contributed by atoms with Crippen molar-refractivity contribution >= 4 is 5.69 Å². The minimum atomic E-state index is -4.51. The minimum absolute atomic E-state index is 0.0781. The Morgan fingerprint density at radius 2 is 2.05 bits per heavy atom. The Kier molecular flexibility index (Phi) is 3.41. The summed E-state index contributed by atoms with van der Waals surface area (Å²) in [6.07, 6.45) is -3.20. The zero-order valence-corrected chi connectivity index (χ0v) is 9.87. The van der Waals surface area contributed by atoms with Gasteiger partial charge >= 0.3 is 6.18 Å². The second-order valence-corrected chi connectivity index (χ2v) is 3.85. The van der Waals surface area contributed by atoms with E-state index in [-0.39, 0.29) is 12.2 Å². The van der Waals surface area contributed by atoms with Crippen molar-refractivity contribution in [2.24, 2.45) is 7.05 Å². The maximum absolute atomic E-state index is 13.4. The van der Waals surface area contributed by atoms with E-state index >= 15 is 0 Å². The first-order valence-electron chi connectivity index (χ1n) is 5.31. The Morgan fingerprint density at radius 3 is 2.63 bits per heavy atom. The number of aryl methyl sites for hydroxylation is 1. The van der Waals surface area contributed by atoms with Crippen LogP contribution in [0.15, 0.2) is 24.5 Å². The van der Waals surface area contributed by atoms with E-state index in [9.17, 15) is 17.6 Å². The quantitative estimate of drug-likeness (QED) is 0.875. The largest absolute Gasteiger partial charge is 0.416 e. The minimum Gasteiger partial charge on any atom is -0.375 e. The van der Waals surface area contributed by atoms with Gasteiger partial charge in [0.05, 0.1) is 17.8 Å². The standard InChI is InChI=1S/C11H10F4N4/c1-19-10(17-6-18-19)5-16-9-4-7(11(13,14)15)2-3-8(9)12/h2-4,6,16H,5H2,1H3. The van der Waals surface area contributed by atoms with Crippen molar-refractivity contribution in [2.75, 3.05) is 5.32 Å². The van der Waals surface area contributed by atoms with E-state index in [2.05, 4.69) is 15.4 Å². The van der Waals surface area contributed by atoms with E-state index in [1.807, 2.05) is 0 Å². The van der Waals surface area contributed by atoms with Gasteiger partial charge in [0.2, 0.25) is 0 Å². The zero-order chi connectivity index (χ0) is 14.0. The third kappa shape index (κ3) is 3.01. The van der Waals surface area contributed by atoms with Crippen LogP contribution in [0, 0.1) is 5.82 Å². The van der Waals surface area contributed by atoms with E-state index in [0.717, 1.165) is 12.1 Å². The molecule has 0 spiro atoms. The summed E-state index contributed by atoms with van der Waals surface area (Å²) >= 11 is 0. The summed E-state index contributed by atoms with van der Waals surface area (Å²) in [5, 5.41) is 6.37. The normalized spacial score (nSPS) is 11.6. The SMILES string of the molecule is Cn1ncnc1CNc1cc(C(F)(F)F)ccc1F. The van der Waals surface area contributed by atoms with Gasteiger partial charge in [0.15, 0.2) is 0 Å². The number of nitrogens with zero attached hydrogens (tertiary/aromatic N) is 3. The molecule has 0 radical (unpaired) electrons. The summed E-state index contributed by atoms with van der Waals surface area (Å²) in [4.78, 5) is 3.88. The average molecular weight is 274 g/mol. The molecule has 0 atom stereocenters. The lowest BCUT2D eigenvalue weighted by molar-refractivity contribution is -0.137. The number of nitrogens with one attached hydrogen (secondary N) is 1. The van der Waals surface area contributed by atoms with Crippen LogP contribution >= 0.6 is 0 Å². The number of benzene rings is 1. The van der Waals surface area contributed by atoms with Gasteiger partial charge in [-0.25, -0.2) is 9.37 Å². The molecule has 2 aromatic rings. The topological polar surface area (TPSA) is 42.7 Å². The number of hydrogen-bond donors (Lipinski definition) is 1. The Morgan fingerprint density at radius 1 is 1.32 bits per heavy atom. The number of rotatable bonds is 3. The molecule has 1 heterocycles. The summed E-state index contributed by atoms with van der Waals surface area (Å²) in [5.74, 6) is -0.271. The lowest BCUT2D eigenvalue weighted by Crippen LogP contribution is -2.10. The summed E-state index contributed by atoms with van der Waals surface area (Å²) in [6, 6.07) is 2.20. The number of aromatic nitrogens is 3. The van der Waals surface area contributed by atoms with Crippen LogP contribution in [0.4, 0.5) is 23.2 Å². The van der Waals surface area contributed by atoms with Crippen LogP contribution in [-0.4, -0.2) is 14.8 Å². The molecule has 1 N–H and O–H groups in total. The first-order valence-corrected chi connectivity index (χ1v) is 5.31. The van der Waals surface area contributed by atoms with Crippen molar-refractivity contribution in [3.63, 3.8) is 0 Å². The molecular formula is C11H10F4N4. The van der Waals surface area contributed by atoms with Crippen molar-refractivity contribution in [3.05, 3.63) is 41.7 Å². The van der Waals surface area contributed by atoms with Gasteiger partial charge in [-0.1, -0.05) is 0 Å². The summed E-state index contributed by atoms with van der Waals surface area (Å²) in [6.45, 7) is 0.0781.